The molecule has 0 aliphatic rings. The third-order valence-electron chi connectivity index (χ3n) is 5.69. The van der Waals surface area contributed by atoms with E-state index in [0.29, 0.717) is 21.5 Å². The molecule has 0 N–H and O–H groups in total. The van der Waals surface area contributed by atoms with E-state index in [1.54, 1.807) is 24.3 Å². The predicted octanol–water partition coefficient (Wildman–Crippen LogP) is 5.17. The smallest absolute Gasteiger partial charge is 0.287 e. The van der Waals surface area contributed by atoms with E-state index < -0.39 is 5.69 Å². The highest BCUT2D eigenvalue weighted by atomic mass is 32.1. The van der Waals surface area contributed by atoms with Crippen molar-refractivity contribution in [2.24, 2.45) is 0 Å². The van der Waals surface area contributed by atoms with E-state index in [1.807, 2.05) is 50.2 Å². The third-order valence-corrected chi connectivity index (χ3v) is 6.84. The Labute approximate surface area is 181 Å². The molecule has 31 heavy (non-hydrogen) atoms. The van der Waals surface area contributed by atoms with Gasteiger partial charge in [-0.3, -0.25) is 9.36 Å². The van der Waals surface area contributed by atoms with Crippen molar-refractivity contribution in [1.82, 2.24) is 9.13 Å². The highest BCUT2D eigenvalue weighted by Gasteiger charge is 2.20. The van der Waals surface area contributed by atoms with E-state index in [1.165, 1.54) is 26.5 Å². The average molecular weight is 431 g/mol. The summed E-state index contributed by atoms with van der Waals surface area (Å²) in [5.74, 6) is -0.383. The summed E-state index contributed by atoms with van der Waals surface area (Å²) >= 11 is 1.36. The lowest BCUT2D eigenvalue weighted by molar-refractivity contribution is 0.595. The summed E-state index contributed by atoms with van der Waals surface area (Å²) in [5.41, 5.74) is 2.69. The molecule has 5 aromatic rings. The standard InChI is InChI=1S/C25H19FN2O2S/c1-15-11-12-18(13-16(15)2)28-24(29)23-22(19-8-4-6-10-21(19)31-23)27(25(28)30)14-17-7-3-5-9-20(17)26/h3-13H,14H2,1-2H3. The van der Waals surface area contributed by atoms with Crippen LogP contribution in [-0.2, 0) is 6.54 Å². The summed E-state index contributed by atoms with van der Waals surface area (Å²) in [7, 11) is 0. The molecule has 0 fully saturated rings. The molecule has 4 nitrogen and oxygen atoms in total. The highest BCUT2D eigenvalue weighted by molar-refractivity contribution is 7.25. The predicted molar refractivity (Wildman–Crippen MR) is 124 cm³/mol. The maximum Gasteiger partial charge on any atom is 0.336 e. The molecule has 0 unspecified atom stereocenters. The van der Waals surface area contributed by atoms with Crippen molar-refractivity contribution in [3.8, 4) is 5.69 Å². The number of nitrogens with zero attached hydrogens (tertiary/aromatic N) is 2. The van der Waals surface area contributed by atoms with Crippen molar-refractivity contribution >= 4 is 31.6 Å². The number of benzene rings is 3. The Morgan fingerprint density at radius 1 is 0.903 bits per heavy atom. The molecule has 0 aliphatic heterocycles. The van der Waals surface area contributed by atoms with Crippen molar-refractivity contribution in [2.75, 3.05) is 0 Å². The lowest BCUT2D eigenvalue weighted by Gasteiger charge is -2.14. The molecule has 0 radical (unpaired) electrons. The number of aryl methyl sites for hydroxylation is 2. The maximum absolute atomic E-state index is 14.5. The molecular weight excluding hydrogens is 411 g/mol. The second-order valence-electron chi connectivity index (χ2n) is 7.65. The molecule has 3 aromatic carbocycles. The topological polar surface area (TPSA) is 44.0 Å². The minimum atomic E-state index is -0.479. The van der Waals surface area contributed by atoms with E-state index in [4.69, 9.17) is 0 Å². The molecule has 2 aromatic heterocycles. The summed E-state index contributed by atoms with van der Waals surface area (Å²) in [6, 6.07) is 19.5. The van der Waals surface area contributed by atoms with Gasteiger partial charge in [0.05, 0.1) is 17.7 Å². The monoisotopic (exact) mass is 430 g/mol. The molecule has 0 amide bonds. The molecule has 0 saturated heterocycles. The van der Waals surface area contributed by atoms with E-state index in [2.05, 4.69) is 0 Å². The minimum absolute atomic E-state index is 0.0356. The molecule has 0 saturated carbocycles. The number of aromatic nitrogens is 2. The first-order valence-electron chi connectivity index (χ1n) is 9.94. The van der Waals surface area contributed by atoms with E-state index in [9.17, 15) is 14.0 Å². The molecule has 0 atom stereocenters. The Morgan fingerprint density at radius 2 is 1.65 bits per heavy atom. The number of hydrogen-bond acceptors (Lipinski definition) is 3. The number of rotatable bonds is 3. The fourth-order valence-corrected chi connectivity index (χ4v) is 5.02. The van der Waals surface area contributed by atoms with Gasteiger partial charge >= 0.3 is 5.69 Å². The molecule has 0 spiro atoms. The van der Waals surface area contributed by atoms with Crippen LogP contribution in [-0.4, -0.2) is 9.13 Å². The zero-order valence-electron chi connectivity index (χ0n) is 17.1. The van der Waals surface area contributed by atoms with Gasteiger partial charge in [0.15, 0.2) is 0 Å². The molecular formula is C25H19FN2O2S. The molecule has 0 bridgehead atoms. The summed E-state index contributed by atoms with van der Waals surface area (Å²) in [4.78, 5) is 27.1. The Morgan fingerprint density at radius 3 is 2.42 bits per heavy atom. The quantitative estimate of drug-likeness (QED) is 0.396. The largest absolute Gasteiger partial charge is 0.336 e. The van der Waals surface area contributed by atoms with Crippen LogP contribution in [0.15, 0.2) is 76.3 Å². The number of hydrogen-bond donors (Lipinski definition) is 0. The summed E-state index contributed by atoms with van der Waals surface area (Å²) in [5, 5.41) is 0.820. The van der Waals surface area contributed by atoms with Crippen LogP contribution in [0.2, 0.25) is 0 Å². The summed E-state index contributed by atoms with van der Waals surface area (Å²) < 4.78 is 18.6. The van der Waals surface area contributed by atoms with Crippen molar-refractivity contribution in [3.63, 3.8) is 0 Å². The van der Waals surface area contributed by atoms with Gasteiger partial charge in [0.1, 0.15) is 10.5 Å². The zero-order chi connectivity index (χ0) is 21.7. The van der Waals surface area contributed by atoms with Crippen LogP contribution in [0.3, 0.4) is 0 Å². The second-order valence-corrected chi connectivity index (χ2v) is 8.70. The van der Waals surface area contributed by atoms with Gasteiger partial charge in [0.25, 0.3) is 5.56 Å². The van der Waals surface area contributed by atoms with Gasteiger partial charge < -0.3 is 0 Å². The lowest BCUT2D eigenvalue weighted by Crippen LogP contribution is -2.38. The third kappa shape index (κ3) is 3.11. The van der Waals surface area contributed by atoms with Crippen molar-refractivity contribution < 1.29 is 4.39 Å². The fraction of sp³-hybridized carbons (Fsp3) is 0.120. The first-order chi connectivity index (χ1) is 15.0. The van der Waals surface area contributed by atoms with Crippen molar-refractivity contribution in [2.45, 2.75) is 20.4 Å². The molecule has 5 rings (SSSR count). The van der Waals surface area contributed by atoms with Crippen LogP contribution in [0.25, 0.3) is 26.0 Å². The van der Waals surface area contributed by atoms with Gasteiger partial charge in [-0.2, -0.15) is 0 Å². The number of thiophene rings is 1. The maximum atomic E-state index is 14.5. The van der Waals surface area contributed by atoms with Gasteiger partial charge in [-0.1, -0.05) is 42.5 Å². The van der Waals surface area contributed by atoms with E-state index in [-0.39, 0.29) is 17.9 Å². The van der Waals surface area contributed by atoms with Crippen molar-refractivity contribution in [3.05, 3.63) is 110 Å². The Bertz CT molecular complexity index is 1590. The van der Waals surface area contributed by atoms with Crippen LogP contribution in [0, 0.1) is 19.7 Å². The average Bonchev–Trinajstić information content (AvgIpc) is 3.15. The zero-order valence-corrected chi connectivity index (χ0v) is 17.9. The van der Waals surface area contributed by atoms with Crippen molar-refractivity contribution in [1.29, 1.82) is 0 Å². The van der Waals surface area contributed by atoms with Crippen LogP contribution in [0.4, 0.5) is 4.39 Å². The van der Waals surface area contributed by atoms with Crippen LogP contribution in [0.5, 0.6) is 0 Å². The molecule has 2 heterocycles. The van der Waals surface area contributed by atoms with Gasteiger partial charge in [0.2, 0.25) is 0 Å². The number of halogens is 1. The van der Waals surface area contributed by atoms with Gasteiger partial charge in [-0.05, 0) is 49.2 Å². The first-order valence-corrected chi connectivity index (χ1v) is 10.8. The van der Waals surface area contributed by atoms with E-state index >= 15 is 0 Å². The molecule has 154 valence electrons. The molecule has 6 heteroatoms. The first kappa shape index (κ1) is 19.5. The molecule has 0 aliphatic carbocycles. The van der Waals surface area contributed by atoms with Gasteiger partial charge in [-0.25, -0.2) is 13.8 Å². The Hall–Kier alpha value is -3.51. The number of fused-ring (bicyclic) bond motifs is 3. The summed E-state index contributed by atoms with van der Waals surface area (Å²) in [6.45, 7) is 3.96. The summed E-state index contributed by atoms with van der Waals surface area (Å²) in [6.07, 6.45) is 0. The normalized spacial score (nSPS) is 11.5. The Balaban J connectivity index is 1.91. The lowest BCUT2D eigenvalue weighted by atomic mass is 10.1. The van der Waals surface area contributed by atoms with Gasteiger partial charge in [-0.15, -0.1) is 11.3 Å². The Kier molecular flexibility index (Phi) is 4.59. The van der Waals surface area contributed by atoms with Crippen LogP contribution >= 0.6 is 11.3 Å². The van der Waals surface area contributed by atoms with E-state index in [0.717, 1.165) is 21.2 Å². The highest BCUT2D eigenvalue weighted by Crippen LogP contribution is 2.31. The van der Waals surface area contributed by atoms with Crippen LogP contribution < -0.4 is 11.2 Å². The van der Waals surface area contributed by atoms with Gasteiger partial charge in [0, 0.05) is 15.6 Å². The van der Waals surface area contributed by atoms with Crippen LogP contribution in [0.1, 0.15) is 16.7 Å². The second kappa shape index (κ2) is 7.32. The minimum Gasteiger partial charge on any atom is -0.287 e. The fourth-order valence-electron chi connectivity index (χ4n) is 3.89. The SMILES string of the molecule is Cc1ccc(-n2c(=O)c3sc4ccccc4c3n(Cc3ccccc3F)c2=O)cc1C.